The first-order chi connectivity index (χ1) is 10.0. The van der Waals surface area contributed by atoms with Gasteiger partial charge >= 0.3 is 0 Å². The van der Waals surface area contributed by atoms with Crippen molar-refractivity contribution in [1.29, 1.82) is 0 Å². The smallest absolute Gasteiger partial charge is 0.181 e. The molecule has 21 heavy (non-hydrogen) atoms. The van der Waals surface area contributed by atoms with Gasteiger partial charge in [-0.05, 0) is 6.08 Å². The number of nitrogens with one attached hydrogen (secondary N) is 1. The first kappa shape index (κ1) is 15.4. The molecule has 0 aromatic carbocycles. The molecule has 2 aliphatic rings. The van der Waals surface area contributed by atoms with Gasteiger partial charge in [0.2, 0.25) is 0 Å². The SMILES string of the molecule is C#C[C@@]1(OC)C(C=C)[C@@H](CO)O[C@H]1N1C=CC(=C)NC1=C. The van der Waals surface area contributed by atoms with E-state index in [0.29, 0.717) is 5.82 Å². The molecular formula is C16H20N2O3. The van der Waals surface area contributed by atoms with Gasteiger partial charge in [-0.1, -0.05) is 25.2 Å². The fourth-order valence-corrected chi connectivity index (χ4v) is 2.78. The zero-order valence-electron chi connectivity index (χ0n) is 12.1. The van der Waals surface area contributed by atoms with E-state index in [1.165, 1.54) is 7.11 Å². The number of aliphatic hydroxyl groups is 1. The summed E-state index contributed by atoms with van der Waals surface area (Å²) in [7, 11) is 1.52. The van der Waals surface area contributed by atoms with Crippen LogP contribution in [0.25, 0.3) is 0 Å². The second kappa shape index (κ2) is 5.78. The average Bonchev–Trinajstić information content (AvgIpc) is 2.80. The Morgan fingerprint density at radius 2 is 2.38 bits per heavy atom. The van der Waals surface area contributed by atoms with Crippen LogP contribution in [0.2, 0.25) is 0 Å². The number of nitrogens with zero attached hydrogens (tertiary/aromatic N) is 1. The molecule has 2 heterocycles. The molecule has 5 heteroatoms. The van der Waals surface area contributed by atoms with E-state index in [4.69, 9.17) is 15.9 Å². The van der Waals surface area contributed by atoms with Crippen LogP contribution in [0.15, 0.2) is 49.6 Å². The monoisotopic (exact) mass is 288 g/mol. The van der Waals surface area contributed by atoms with E-state index in [-0.39, 0.29) is 12.5 Å². The zero-order valence-corrected chi connectivity index (χ0v) is 12.1. The van der Waals surface area contributed by atoms with E-state index in [0.717, 1.165) is 5.70 Å². The molecule has 2 rings (SSSR count). The van der Waals surface area contributed by atoms with Gasteiger partial charge in [0.05, 0.1) is 18.6 Å². The fourth-order valence-electron chi connectivity index (χ4n) is 2.78. The maximum atomic E-state index is 9.53. The highest BCUT2D eigenvalue weighted by Crippen LogP contribution is 2.42. The summed E-state index contributed by atoms with van der Waals surface area (Å²) >= 11 is 0. The zero-order chi connectivity index (χ0) is 15.6. The van der Waals surface area contributed by atoms with E-state index < -0.39 is 17.9 Å². The highest BCUT2D eigenvalue weighted by molar-refractivity contribution is 5.30. The standard InChI is InChI=1S/C16H20N2O3/c1-6-13-14(10-19)21-15(16(13,7-2)20-5)18-9-8-11(3)17-12(18)4/h2,6,8-9,13-15,17,19H,1,3-4,10H2,5H3/t13?,14-,15-,16-/m1/s1. The van der Waals surface area contributed by atoms with Gasteiger partial charge in [0, 0.05) is 19.0 Å². The Morgan fingerprint density at radius 1 is 1.67 bits per heavy atom. The number of aliphatic hydroxyl groups excluding tert-OH is 1. The van der Waals surface area contributed by atoms with E-state index in [1.807, 2.05) is 0 Å². The van der Waals surface area contributed by atoms with Crippen LogP contribution in [-0.4, -0.2) is 41.7 Å². The summed E-state index contributed by atoms with van der Waals surface area (Å²) in [5.41, 5.74) is -0.347. The molecule has 0 saturated carbocycles. The molecule has 2 aliphatic heterocycles. The van der Waals surface area contributed by atoms with Crippen LogP contribution in [0, 0.1) is 18.3 Å². The van der Waals surface area contributed by atoms with E-state index in [1.54, 1.807) is 23.3 Å². The van der Waals surface area contributed by atoms with Gasteiger partial charge in [0.15, 0.2) is 11.8 Å². The van der Waals surface area contributed by atoms with Gasteiger partial charge < -0.3 is 24.8 Å². The van der Waals surface area contributed by atoms with Crippen LogP contribution in [0.1, 0.15) is 0 Å². The Bertz CT molecular complexity index is 534. The Kier molecular flexibility index (Phi) is 4.24. The number of ether oxygens (including phenoxy) is 2. The van der Waals surface area contributed by atoms with Crippen molar-refractivity contribution in [2.45, 2.75) is 17.9 Å². The summed E-state index contributed by atoms with van der Waals surface area (Å²) in [5.74, 6) is 2.91. The first-order valence-corrected chi connectivity index (χ1v) is 6.57. The van der Waals surface area contributed by atoms with Crippen molar-refractivity contribution < 1.29 is 14.6 Å². The van der Waals surface area contributed by atoms with Gasteiger partial charge in [-0.2, -0.15) is 0 Å². The quantitative estimate of drug-likeness (QED) is 0.595. The molecule has 0 aromatic rings. The topological polar surface area (TPSA) is 54.0 Å². The van der Waals surface area contributed by atoms with Gasteiger partial charge in [-0.15, -0.1) is 13.0 Å². The summed E-state index contributed by atoms with van der Waals surface area (Å²) < 4.78 is 11.5. The summed E-state index contributed by atoms with van der Waals surface area (Å²) in [5, 5.41) is 12.5. The molecule has 0 aliphatic carbocycles. The maximum Gasteiger partial charge on any atom is 0.181 e. The van der Waals surface area contributed by atoms with Crippen molar-refractivity contribution in [2.75, 3.05) is 13.7 Å². The van der Waals surface area contributed by atoms with E-state index in [2.05, 4.69) is 31.0 Å². The largest absolute Gasteiger partial charge is 0.394 e. The number of terminal acetylenes is 1. The number of allylic oxidation sites excluding steroid dienone is 1. The second-order valence-electron chi connectivity index (χ2n) is 4.93. The molecular weight excluding hydrogens is 268 g/mol. The number of methoxy groups -OCH3 is 1. The Morgan fingerprint density at radius 3 is 2.86 bits per heavy atom. The van der Waals surface area contributed by atoms with Crippen molar-refractivity contribution >= 4 is 0 Å². The maximum absolute atomic E-state index is 9.53. The summed E-state index contributed by atoms with van der Waals surface area (Å²) in [6.07, 6.45) is 9.83. The predicted molar refractivity (Wildman–Crippen MR) is 80.4 cm³/mol. The summed E-state index contributed by atoms with van der Waals surface area (Å²) in [4.78, 5) is 1.74. The van der Waals surface area contributed by atoms with Gasteiger partial charge in [0.1, 0.15) is 5.82 Å². The molecule has 5 nitrogen and oxygen atoms in total. The third-order valence-corrected chi connectivity index (χ3v) is 3.87. The lowest BCUT2D eigenvalue weighted by molar-refractivity contribution is -0.104. The Labute approximate surface area is 125 Å². The molecule has 0 aromatic heterocycles. The van der Waals surface area contributed by atoms with Gasteiger partial charge in [0.25, 0.3) is 0 Å². The van der Waals surface area contributed by atoms with Crippen molar-refractivity contribution in [1.82, 2.24) is 10.2 Å². The lowest BCUT2D eigenvalue weighted by atomic mass is 9.84. The Hall–Kier alpha value is -2.00. The normalized spacial score (nSPS) is 35.5. The minimum absolute atomic E-state index is 0.176. The lowest BCUT2D eigenvalue weighted by Crippen LogP contribution is -2.53. The molecule has 2 N–H and O–H groups in total. The number of hydrogen-bond acceptors (Lipinski definition) is 5. The molecule has 0 spiro atoms. The van der Waals surface area contributed by atoms with E-state index >= 15 is 0 Å². The molecule has 1 unspecified atom stereocenters. The van der Waals surface area contributed by atoms with Crippen LogP contribution in [-0.2, 0) is 9.47 Å². The molecule has 1 fully saturated rings. The first-order valence-electron chi connectivity index (χ1n) is 6.57. The minimum atomic E-state index is -1.07. The number of rotatable bonds is 4. The third kappa shape index (κ3) is 2.28. The molecule has 0 amide bonds. The van der Waals surface area contributed by atoms with Gasteiger partial charge in [-0.25, -0.2) is 0 Å². The highest BCUT2D eigenvalue weighted by atomic mass is 16.6. The average molecular weight is 288 g/mol. The van der Waals surface area contributed by atoms with Crippen molar-refractivity contribution in [3.8, 4) is 12.3 Å². The van der Waals surface area contributed by atoms with Gasteiger partial charge in [-0.3, -0.25) is 0 Å². The van der Waals surface area contributed by atoms with Crippen molar-refractivity contribution in [3.05, 3.63) is 49.6 Å². The van der Waals surface area contributed by atoms with E-state index in [9.17, 15) is 5.11 Å². The summed E-state index contributed by atoms with van der Waals surface area (Å²) in [6.45, 7) is 11.4. The third-order valence-electron chi connectivity index (χ3n) is 3.87. The van der Waals surface area contributed by atoms with Crippen LogP contribution >= 0.6 is 0 Å². The van der Waals surface area contributed by atoms with Crippen molar-refractivity contribution in [3.63, 3.8) is 0 Å². The molecule has 4 atom stereocenters. The van der Waals surface area contributed by atoms with Crippen molar-refractivity contribution in [2.24, 2.45) is 5.92 Å². The molecule has 112 valence electrons. The predicted octanol–water partition coefficient (Wildman–Crippen LogP) is 0.928. The van der Waals surface area contributed by atoms with Crippen LogP contribution in [0.4, 0.5) is 0 Å². The van der Waals surface area contributed by atoms with Crippen LogP contribution in [0.3, 0.4) is 0 Å². The minimum Gasteiger partial charge on any atom is -0.394 e. The second-order valence-corrected chi connectivity index (χ2v) is 4.93. The lowest BCUT2D eigenvalue weighted by Gasteiger charge is -2.39. The van der Waals surface area contributed by atoms with Crippen LogP contribution in [0.5, 0.6) is 0 Å². The highest BCUT2D eigenvalue weighted by Gasteiger charge is 2.57. The summed E-state index contributed by atoms with van der Waals surface area (Å²) in [6, 6.07) is 0. The van der Waals surface area contributed by atoms with Crippen LogP contribution < -0.4 is 5.32 Å². The number of hydrogen-bond donors (Lipinski definition) is 2. The molecule has 0 bridgehead atoms. The molecule has 0 radical (unpaired) electrons. The molecule has 1 saturated heterocycles. The Balaban J connectivity index is 2.44. The fraction of sp³-hybridized carbons (Fsp3) is 0.375.